The number of aromatic nitrogens is 4. The zero-order chi connectivity index (χ0) is 29.4. The first-order valence-corrected chi connectivity index (χ1v) is 14.7. The van der Waals surface area contributed by atoms with Gasteiger partial charge in [0.15, 0.2) is 5.82 Å². The number of aromatic amines is 1. The van der Waals surface area contributed by atoms with E-state index in [0.29, 0.717) is 74.4 Å². The molecular formula is C29H32Cl3N7O2. The van der Waals surface area contributed by atoms with Crippen molar-refractivity contribution in [1.82, 2.24) is 30.0 Å². The highest BCUT2D eigenvalue weighted by molar-refractivity contribution is 6.40. The van der Waals surface area contributed by atoms with Crippen LogP contribution in [0.1, 0.15) is 50.7 Å². The maximum Gasteiger partial charge on any atom is 0.284 e. The van der Waals surface area contributed by atoms with Crippen LogP contribution in [0.3, 0.4) is 0 Å². The molecule has 1 fully saturated rings. The summed E-state index contributed by atoms with van der Waals surface area (Å²) >= 11 is 19.2. The van der Waals surface area contributed by atoms with Gasteiger partial charge in [-0.25, -0.2) is 9.67 Å². The first-order chi connectivity index (χ1) is 19.5. The number of piperazine rings is 1. The van der Waals surface area contributed by atoms with E-state index in [1.807, 2.05) is 38.1 Å². The molecule has 3 aliphatic rings. The zero-order valence-electron chi connectivity index (χ0n) is 23.3. The van der Waals surface area contributed by atoms with E-state index in [2.05, 4.69) is 39.5 Å². The van der Waals surface area contributed by atoms with Gasteiger partial charge in [0.25, 0.3) is 5.56 Å². The molecule has 0 spiro atoms. The summed E-state index contributed by atoms with van der Waals surface area (Å²) in [5, 5.41) is 10.7. The Morgan fingerprint density at radius 3 is 2.44 bits per heavy atom. The van der Waals surface area contributed by atoms with Crippen molar-refractivity contribution in [2.24, 2.45) is 0 Å². The van der Waals surface area contributed by atoms with Crippen molar-refractivity contribution in [3.8, 4) is 17.1 Å². The number of benzene rings is 2. The molecule has 0 bridgehead atoms. The van der Waals surface area contributed by atoms with E-state index in [-0.39, 0.29) is 17.4 Å². The molecule has 0 aliphatic carbocycles. The van der Waals surface area contributed by atoms with Crippen molar-refractivity contribution in [3.63, 3.8) is 0 Å². The number of carbonyl (C=O) groups excluding carboxylic acids is 1. The van der Waals surface area contributed by atoms with Crippen LogP contribution in [0.5, 0.6) is 0 Å². The number of carbonyl (C=O) groups is 1. The molecule has 5 rings (SSSR count). The molecule has 9 nitrogen and oxygen atoms in total. The quantitative estimate of drug-likeness (QED) is 0.258. The SMILES string of the molecule is CC(C)c1[nH]n(-c2c(Cl)cc(Cl)cc2Cl)c2nc(Cc3ccc(NC(=O)CN4C[C@@H](C)NC[C@@H]4C)cc3)nc(=O)c1-2. The normalized spacial score (nSPS) is 17.9. The number of H-pyrrole nitrogens is 1. The molecule has 3 heterocycles. The van der Waals surface area contributed by atoms with E-state index >= 15 is 0 Å². The van der Waals surface area contributed by atoms with Gasteiger partial charge in [-0.05, 0) is 49.6 Å². The van der Waals surface area contributed by atoms with Gasteiger partial charge < -0.3 is 10.6 Å². The highest BCUT2D eigenvalue weighted by atomic mass is 35.5. The van der Waals surface area contributed by atoms with Crippen LogP contribution >= 0.6 is 34.8 Å². The number of amides is 1. The molecule has 2 atom stereocenters. The lowest BCUT2D eigenvalue weighted by molar-refractivity contribution is -0.118. The number of hydrogen-bond donors (Lipinski definition) is 3. The van der Waals surface area contributed by atoms with E-state index in [4.69, 9.17) is 39.8 Å². The largest absolute Gasteiger partial charge is 0.325 e. The van der Waals surface area contributed by atoms with Crippen LogP contribution in [-0.4, -0.2) is 62.3 Å². The number of hydrogen-bond acceptors (Lipinski definition) is 6. The molecule has 1 amide bonds. The first-order valence-electron chi connectivity index (χ1n) is 13.5. The van der Waals surface area contributed by atoms with Crippen LogP contribution in [0.25, 0.3) is 17.1 Å². The second-order valence-corrected chi connectivity index (χ2v) is 12.1. The molecule has 0 aromatic heterocycles. The minimum absolute atomic E-state index is 0.00769. The predicted octanol–water partition coefficient (Wildman–Crippen LogP) is 5.36. The summed E-state index contributed by atoms with van der Waals surface area (Å²) in [5.41, 5.74) is 2.72. The van der Waals surface area contributed by atoms with E-state index in [1.165, 1.54) is 0 Å². The van der Waals surface area contributed by atoms with Gasteiger partial charge in [-0.3, -0.25) is 19.6 Å². The summed E-state index contributed by atoms with van der Waals surface area (Å²) in [4.78, 5) is 37.1. The van der Waals surface area contributed by atoms with Gasteiger partial charge in [-0.2, -0.15) is 4.98 Å². The topological polar surface area (TPSA) is 108 Å². The highest BCUT2D eigenvalue weighted by Gasteiger charge is 2.27. The summed E-state index contributed by atoms with van der Waals surface area (Å²) in [7, 11) is 0. The van der Waals surface area contributed by atoms with Gasteiger partial charge >= 0.3 is 0 Å². The van der Waals surface area contributed by atoms with Crippen LogP contribution in [0.2, 0.25) is 15.1 Å². The summed E-state index contributed by atoms with van der Waals surface area (Å²) in [5.74, 6) is 0.674. The molecule has 0 saturated carbocycles. The maximum absolute atomic E-state index is 13.2. The fourth-order valence-electron chi connectivity index (χ4n) is 5.10. The molecule has 0 unspecified atom stereocenters. The Hall–Kier alpha value is -2.95. The fraction of sp³-hybridized carbons (Fsp3) is 0.379. The Labute approximate surface area is 253 Å². The summed E-state index contributed by atoms with van der Waals surface area (Å²) in [6, 6.07) is 11.3. The van der Waals surface area contributed by atoms with Gasteiger partial charge in [0.2, 0.25) is 5.91 Å². The number of nitrogens with one attached hydrogen (secondary N) is 3. The van der Waals surface area contributed by atoms with Gasteiger partial charge in [-0.1, -0.05) is 60.8 Å². The second kappa shape index (κ2) is 12.1. The van der Waals surface area contributed by atoms with Gasteiger partial charge in [0.05, 0.1) is 22.3 Å². The zero-order valence-corrected chi connectivity index (χ0v) is 25.5. The van der Waals surface area contributed by atoms with Crippen molar-refractivity contribution >= 4 is 46.4 Å². The van der Waals surface area contributed by atoms with Crippen molar-refractivity contribution in [3.05, 3.63) is 78.9 Å². The van der Waals surface area contributed by atoms with Crippen LogP contribution in [-0.2, 0) is 11.2 Å². The van der Waals surface area contributed by atoms with Crippen molar-refractivity contribution < 1.29 is 4.79 Å². The summed E-state index contributed by atoms with van der Waals surface area (Å²) in [6.07, 6.45) is 0.319. The van der Waals surface area contributed by atoms with Crippen LogP contribution in [0, 0.1) is 0 Å². The number of nitrogens with zero attached hydrogens (tertiary/aromatic N) is 4. The first kappa shape index (κ1) is 29.5. The Kier molecular flexibility index (Phi) is 8.73. The predicted molar refractivity (Wildman–Crippen MR) is 164 cm³/mol. The third kappa shape index (κ3) is 6.44. The lowest BCUT2D eigenvalue weighted by Gasteiger charge is -2.36. The average Bonchev–Trinajstić information content (AvgIpc) is 3.27. The smallest absolute Gasteiger partial charge is 0.284 e. The average molecular weight is 617 g/mol. The summed E-state index contributed by atoms with van der Waals surface area (Å²) in [6.45, 7) is 10.2. The molecule has 3 N–H and O–H groups in total. The van der Waals surface area contributed by atoms with Crippen molar-refractivity contribution in [1.29, 1.82) is 0 Å². The Morgan fingerprint density at radius 2 is 1.78 bits per heavy atom. The van der Waals surface area contributed by atoms with Crippen molar-refractivity contribution in [2.75, 3.05) is 25.0 Å². The molecule has 216 valence electrons. The number of rotatable bonds is 7. The van der Waals surface area contributed by atoms with Crippen molar-refractivity contribution in [2.45, 2.75) is 52.1 Å². The molecule has 3 aliphatic heterocycles. The second-order valence-electron chi connectivity index (χ2n) is 10.9. The third-order valence-electron chi connectivity index (χ3n) is 7.24. The minimum atomic E-state index is -0.384. The van der Waals surface area contributed by atoms with E-state index in [0.717, 1.165) is 18.7 Å². The number of anilines is 1. The highest BCUT2D eigenvalue weighted by Crippen LogP contribution is 2.36. The van der Waals surface area contributed by atoms with Gasteiger partial charge in [0.1, 0.15) is 17.1 Å². The Bertz CT molecular complexity index is 1580. The molecule has 2 aromatic rings. The Morgan fingerprint density at radius 1 is 1.10 bits per heavy atom. The minimum Gasteiger partial charge on any atom is -0.325 e. The lowest BCUT2D eigenvalue weighted by Crippen LogP contribution is -2.55. The molecule has 1 saturated heterocycles. The van der Waals surface area contributed by atoms with E-state index in [9.17, 15) is 9.59 Å². The van der Waals surface area contributed by atoms with E-state index < -0.39 is 0 Å². The Balaban J connectivity index is 1.38. The lowest BCUT2D eigenvalue weighted by atomic mass is 10.1. The molecule has 12 heteroatoms. The monoisotopic (exact) mass is 615 g/mol. The van der Waals surface area contributed by atoms with Gasteiger partial charge in [-0.15, -0.1) is 0 Å². The standard InChI is InChI=1S/C29H32Cl3N7O2/c1-15(2)26-25-28(39(37-26)27-21(31)10-19(30)11-22(27)32)35-23(36-29(25)41)9-18-5-7-20(8-6-18)34-24(40)14-38-13-16(3)33-12-17(38)4/h5-8,10-11,15-17,33,37H,9,12-14H2,1-4H3,(H,34,40)/t16-,17+/m1/s1. The van der Waals surface area contributed by atoms with Crippen LogP contribution in [0.15, 0.2) is 41.2 Å². The fourth-order valence-corrected chi connectivity index (χ4v) is 6.08. The molecular weight excluding hydrogens is 585 g/mol. The van der Waals surface area contributed by atoms with Crippen LogP contribution in [0.4, 0.5) is 5.69 Å². The molecule has 2 aromatic carbocycles. The molecule has 0 radical (unpaired) electrons. The summed E-state index contributed by atoms with van der Waals surface area (Å²) < 4.78 is 1.62. The van der Waals surface area contributed by atoms with Gasteiger partial charge in [0, 0.05) is 42.3 Å². The van der Waals surface area contributed by atoms with Crippen LogP contribution < -0.4 is 16.2 Å². The molecule has 41 heavy (non-hydrogen) atoms. The van der Waals surface area contributed by atoms with E-state index in [1.54, 1.807) is 16.8 Å². The number of fused-ring (bicyclic) bond motifs is 1. The maximum atomic E-state index is 13.2. The third-order valence-corrected chi connectivity index (χ3v) is 8.03. The number of halogens is 3.